The molecule has 30 rings (SSSR count). The Morgan fingerprint density at radius 2 is 0.351 bits per heavy atom. The number of aliphatic hydroxyl groups excluding tert-OH is 16. The van der Waals surface area contributed by atoms with Crippen molar-refractivity contribution in [2.75, 3.05) is 92.0 Å². The van der Waals surface area contributed by atoms with Crippen LogP contribution in [0, 0.1) is 0 Å². The zero-order chi connectivity index (χ0) is 82.9. The van der Waals surface area contributed by atoms with Gasteiger partial charge in [0.2, 0.25) is 0 Å². The van der Waals surface area contributed by atoms with Crippen molar-refractivity contribution in [3.8, 4) is 0 Å². The number of carboxylic acids is 3. The molecule has 0 saturated carbocycles. The fourth-order valence-corrected chi connectivity index (χ4v) is 21.0. The molecule has 30 saturated heterocycles. The molecule has 19 N–H and O–H groups in total. The van der Waals surface area contributed by atoms with Crippen LogP contribution in [0.25, 0.3) is 0 Å². The maximum atomic E-state index is 12.2. The van der Waals surface area contributed by atoms with Crippen LogP contribution in [0.15, 0.2) is 0 Å². The summed E-state index contributed by atoms with van der Waals surface area (Å²) in [6, 6.07) is 0. The van der Waals surface area contributed by atoms with Gasteiger partial charge < -0.3 is 173 Å². The number of carboxylic acid groups (broad SMARTS) is 3. The Bertz CT molecular complexity index is 2860. The van der Waals surface area contributed by atoms with Gasteiger partial charge in [0, 0.05) is 63.3 Å². The molecule has 30 heterocycles. The molecule has 30 aliphatic heterocycles. The van der Waals surface area contributed by atoms with Gasteiger partial charge in [-0.1, -0.05) is 34.6 Å². The van der Waals surface area contributed by atoms with E-state index in [0.29, 0.717) is 35.2 Å². The monoisotopic (exact) mass is 1790 g/mol. The van der Waals surface area contributed by atoms with Crippen molar-refractivity contribution in [1.29, 1.82) is 0 Å². The maximum Gasteiger partial charge on any atom is 0.304 e. The highest BCUT2D eigenvalue weighted by Gasteiger charge is 2.61. The Kier molecular flexibility index (Phi) is 40.6. The minimum atomic E-state index is -2.20. The van der Waals surface area contributed by atoms with Gasteiger partial charge in [0.25, 0.3) is 0 Å². The second-order valence-corrected chi connectivity index (χ2v) is 38.2. The number of carbonyl (C=O) groups is 3. The minimum Gasteiger partial charge on any atom is -0.481 e. The number of aliphatic hydroxyl groups is 16. The van der Waals surface area contributed by atoms with Gasteiger partial charge in [0.1, 0.15) is 146 Å². The maximum absolute atomic E-state index is 12.2. The van der Waals surface area contributed by atoms with E-state index in [0.717, 1.165) is 35.3 Å². The van der Waals surface area contributed by atoms with Crippen molar-refractivity contribution in [3.63, 3.8) is 0 Å². The van der Waals surface area contributed by atoms with Crippen LogP contribution in [-0.2, 0) is 90.2 Å². The summed E-state index contributed by atoms with van der Waals surface area (Å²) in [4.78, 5) is 35.2. The first-order valence-electron chi connectivity index (χ1n) is 38.1. The highest BCUT2D eigenvalue weighted by atomic mass is 32.2. The van der Waals surface area contributed by atoms with Gasteiger partial charge >= 0.3 is 17.9 Å². The molecule has 0 amide bonds. The van der Waals surface area contributed by atoms with Gasteiger partial charge in [-0.2, -0.15) is 94.1 Å². The Morgan fingerprint density at radius 1 is 0.211 bits per heavy atom. The third kappa shape index (κ3) is 25.2. The van der Waals surface area contributed by atoms with E-state index in [1.807, 2.05) is 34.6 Å². The number of ether oxygens (including phenoxy) is 16. The van der Waals surface area contributed by atoms with Gasteiger partial charge in [0.05, 0.1) is 68.1 Å². The van der Waals surface area contributed by atoms with Crippen molar-refractivity contribution in [2.45, 2.75) is 306 Å². The van der Waals surface area contributed by atoms with Crippen LogP contribution in [0.1, 0.15) is 60.3 Å². The van der Waals surface area contributed by atoms with Crippen LogP contribution in [0.5, 0.6) is 0 Å². The van der Waals surface area contributed by atoms with Crippen molar-refractivity contribution >= 4 is 112 Å². The summed E-state index contributed by atoms with van der Waals surface area (Å²) in [5, 5.41) is 223. The van der Waals surface area contributed by atoms with Crippen LogP contribution < -0.4 is 0 Å². The summed E-state index contributed by atoms with van der Waals surface area (Å²) >= 11 is 9.49. The second kappa shape index (κ2) is 47.3. The Morgan fingerprint density at radius 3 is 0.482 bits per heavy atom. The van der Waals surface area contributed by atoms with E-state index in [-0.39, 0.29) is 82.5 Å². The van der Waals surface area contributed by atoms with E-state index < -0.39 is 264 Å². The van der Waals surface area contributed by atoms with E-state index in [1.54, 1.807) is 0 Å². The fraction of sp³-hybridized carbons (Fsp3) is 0.956. The Labute approximate surface area is 693 Å². The number of rotatable bonds is 31. The average Bonchev–Trinajstić information content (AvgIpc) is 0.772. The Balaban J connectivity index is 1.08. The van der Waals surface area contributed by atoms with E-state index in [4.69, 9.17) is 75.8 Å². The summed E-state index contributed by atoms with van der Waals surface area (Å²) in [6.45, 7) is 9.20. The van der Waals surface area contributed by atoms with Crippen LogP contribution in [0.2, 0.25) is 0 Å². The van der Waals surface area contributed by atoms with Gasteiger partial charge in [-0.15, -0.1) is 0 Å². The summed E-state index contributed by atoms with van der Waals surface area (Å²) in [5.74, 6) is -1.95. The standard InChI is InChI=1S/C68H114O38S8/c1-6-14-111-22-30-57-41(79)49(87)65(95-30)104-58-32(24-113-16-12-35(71)72)97-67(51(89)43(58)81)106-60-33(25-114-17-13-36(73)74)98-68(52(90)44(60)82)105-59-31(23-112-15-11-34(69)70)96-66(50(88)42(59)80)102-56-29(21-110-10-5)93-63(47(85)39(56)77)100-54-27(19-108-8-3)91-61(45(83)37(54)75)99-53-26(18-107-7-2)92-62(46(84)38(53)76)101-55-28(20-109-9-4)94-64(103-57)48(86)40(55)78/h26-33,37-68,75-90H,6-25H2,1-5H3,(H,69,70)(H,71,72)(H,73,74). The zero-order valence-electron chi connectivity index (χ0n) is 63.3. The number of thioether (sulfide) groups is 8. The molecule has 40 unspecified atom stereocenters. The van der Waals surface area contributed by atoms with Crippen LogP contribution in [-0.4, -0.2) is 453 Å². The molecule has 0 radical (unpaired) electrons. The molecule has 30 aliphatic rings. The summed E-state index contributed by atoms with van der Waals surface area (Å²) in [7, 11) is 0. The van der Waals surface area contributed by atoms with Crippen molar-refractivity contribution in [2.24, 2.45) is 0 Å². The first-order chi connectivity index (χ1) is 54.5. The predicted molar refractivity (Wildman–Crippen MR) is 413 cm³/mol. The minimum absolute atomic E-state index is 0.00164. The zero-order valence-corrected chi connectivity index (χ0v) is 69.8. The molecule has 0 aromatic carbocycles. The number of hydrogen-bond donors (Lipinski definition) is 19. The molecule has 30 fully saturated rings. The first kappa shape index (κ1) is 97.7. The molecular weight excluding hydrogens is 1680 g/mol. The Hall–Kier alpha value is -0.0700. The smallest absolute Gasteiger partial charge is 0.304 e. The third-order valence-corrected chi connectivity index (χ3v) is 28.6. The molecule has 40 atom stereocenters. The molecule has 0 aromatic rings. The number of aliphatic carboxylic acids is 3. The molecule has 114 heavy (non-hydrogen) atoms. The van der Waals surface area contributed by atoms with E-state index in [1.165, 1.54) is 58.8 Å². The summed E-state index contributed by atoms with van der Waals surface area (Å²) in [6.07, 6.45) is -72.4. The fourth-order valence-electron chi connectivity index (χ4n) is 14.2. The number of hydrogen-bond acceptors (Lipinski definition) is 43. The molecule has 46 heteroatoms. The molecule has 16 bridgehead atoms. The largest absolute Gasteiger partial charge is 0.481 e. The van der Waals surface area contributed by atoms with Crippen LogP contribution in [0.4, 0.5) is 0 Å². The average molecular weight is 1800 g/mol. The van der Waals surface area contributed by atoms with Crippen LogP contribution >= 0.6 is 94.1 Å². The van der Waals surface area contributed by atoms with Gasteiger partial charge in [-0.05, 0) is 35.2 Å². The molecule has 0 spiro atoms. The van der Waals surface area contributed by atoms with Gasteiger partial charge in [0.15, 0.2) is 50.3 Å². The normalized spacial score (nSPS) is 45.3. The quantitative estimate of drug-likeness (QED) is 0.0291. The summed E-state index contributed by atoms with van der Waals surface area (Å²) < 4.78 is 102. The predicted octanol–water partition coefficient (Wildman–Crippen LogP) is -4.57. The topological polar surface area (TPSA) is 583 Å². The molecule has 0 aliphatic carbocycles. The SMILES string of the molecule is CCCSCC1OC2OC3C(CSCCC(=O)O)OC(OC4C(CSCCC(=O)O)OC(OC5C(CSCCC(=O)O)OC(OC6C(CSCC)OC(OC7C(CSCC)OC(OC8C(CSCC)OC(OC9C(CSCC)OC(OC1C(O)C2O)C(O)C9O)C(O)C8O)C(O)C7O)C(O)C6O)C(O)C5O)C(O)C4O)C(O)C3O. The van der Waals surface area contributed by atoms with Crippen molar-refractivity contribution < 1.29 is 187 Å². The lowest BCUT2D eigenvalue weighted by Gasteiger charge is -2.51. The lowest BCUT2D eigenvalue weighted by molar-refractivity contribution is -0.396. The van der Waals surface area contributed by atoms with Crippen molar-refractivity contribution in [1.82, 2.24) is 0 Å². The molecule has 38 nitrogen and oxygen atoms in total. The van der Waals surface area contributed by atoms with Gasteiger partial charge in [-0.25, -0.2) is 0 Å². The van der Waals surface area contributed by atoms with Crippen LogP contribution in [0.3, 0.4) is 0 Å². The van der Waals surface area contributed by atoms with Gasteiger partial charge in [-0.3, -0.25) is 14.4 Å². The highest BCUT2D eigenvalue weighted by Crippen LogP contribution is 2.43. The van der Waals surface area contributed by atoms with E-state index in [9.17, 15) is 111 Å². The lowest BCUT2D eigenvalue weighted by Crippen LogP contribution is -2.69. The van der Waals surface area contributed by atoms with E-state index >= 15 is 0 Å². The molecule has 662 valence electrons. The molecule has 0 aromatic heterocycles. The van der Waals surface area contributed by atoms with Crippen molar-refractivity contribution in [3.05, 3.63) is 0 Å². The first-order valence-corrected chi connectivity index (χ1v) is 47.3. The lowest BCUT2D eigenvalue weighted by atomic mass is 9.95. The second-order valence-electron chi connectivity index (χ2n) is 28.4. The highest BCUT2D eigenvalue weighted by molar-refractivity contribution is 8.00. The summed E-state index contributed by atoms with van der Waals surface area (Å²) in [5.41, 5.74) is 0. The van der Waals surface area contributed by atoms with E-state index in [2.05, 4.69) is 0 Å². The third-order valence-electron chi connectivity index (χ3n) is 20.3. The molecular formula is C68H114O38S8.